The molecular formula is C22H23N7O. The summed E-state index contributed by atoms with van der Waals surface area (Å²) in [6.07, 6.45) is 5.93. The first-order chi connectivity index (χ1) is 14.6. The zero-order valence-electron chi connectivity index (χ0n) is 17.0. The van der Waals surface area contributed by atoms with Gasteiger partial charge >= 0.3 is 0 Å². The Morgan fingerprint density at radius 3 is 2.73 bits per heavy atom. The minimum Gasteiger partial charge on any atom is -0.357 e. The number of carbonyl (C=O) groups excluding carboxylic acids is 1. The van der Waals surface area contributed by atoms with E-state index in [1.165, 1.54) is 12.8 Å². The molecule has 5 rings (SSSR count). The highest BCUT2D eigenvalue weighted by Gasteiger charge is 2.16. The van der Waals surface area contributed by atoms with Crippen molar-refractivity contribution in [2.75, 3.05) is 23.3 Å². The fraction of sp³-hybridized carbons (Fsp3) is 0.273. The molecule has 1 fully saturated rings. The van der Waals surface area contributed by atoms with Crippen molar-refractivity contribution >= 4 is 28.4 Å². The van der Waals surface area contributed by atoms with Gasteiger partial charge in [-0.2, -0.15) is 5.10 Å². The number of aryl methyl sites for hydroxylation is 1. The predicted molar refractivity (Wildman–Crippen MR) is 117 cm³/mol. The van der Waals surface area contributed by atoms with Crippen LogP contribution in [0.4, 0.5) is 11.5 Å². The van der Waals surface area contributed by atoms with Crippen LogP contribution in [0, 0.1) is 13.8 Å². The molecule has 8 heteroatoms. The number of H-pyrrole nitrogens is 2. The molecule has 152 valence electrons. The summed E-state index contributed by atoms with van der Waals surface area (Å²) in [6, 6.07) is 8.07. The fourth-order valence-electron chi connectivity index (χ4n) is 3.84. The Labute approximate surface area is 173 Å². The van der Waals surface area contributed by atoms with Gasteiger partial charge in [0, 0.05) is 47.2 Å². The SMILES string of the molecule is Cc1[nH]nc(C(=O)Nc2cnc3[nH]c(-c4ccnc(N5CCCC5)c4)cc3c2)c1C. The summed E-state index contributed by atoms with van der Waals surface area (Å²) in [6.45, 7) is 5.88. The molecule has 1 aliphatic heterocycles. The van der Waals surface area contributed by atoms with Crippen molar-refractivity contribution in [2.24, 2.45) is 0 Å². The number of aromatic nitrogens is 5. The average molecular weight is 401 g/mol. The van der Waals surface area contributed by atoms with Gasteiger partial charge in [-0.1, -0.05) is 0 Å². The van der Waals surface area contributed by atoms with E-state index in [1.54, 1.807) is 6.20 Å². The number of carbonyl (C=O) groups is 1. The van der Waals surface area contributed by atoms with Gasteiger partial charge in [0.15, 0.2) is 5.69 Å². The largest absolute Gasteiger partial charge is 0.357 e. The standard InChI is InChI=1S/C22H23N7O/c1-13-14(2)27-28-20(13)22(30)25-17-9-16-10-18(26-21(16)24-12-17)15-5-6-23-19(11-15)29-7-3-4-8-29/h5-6,9-12H,3-4,7-8H2,1-2H3,(H,24,26)(H,25,30)(H,27,28). The second-order valence-electron chi connectivity index (χ2n) is 7.72. The van der Waals surface area contributed by atoms with E-state index in [9.17, 15) is 4.79 Å². The van der Waals surface area contributed by atoms with E-state index < -0.39 is 0 Å². The lowest BCUT2D eigenvalue weighted by molar-refractivity contribution is 0.102. The van der Waals surface area contributed by atoms with Gasteiger partial charge in [0.05, 0.1) is 11.9 Å². The molecule has 30 heavy (non-hydrogen) atoms. The van der Waals surface area contributed by atoms with Crippen molar-refractivity contribution in [1.82, 2.24) is 25.1 Å². The lowest BCUT2D eigenvalue weighted by Crippen LogP contribution is -2.18. The molecule has 1 aliphatic rings. The number of anilines is 2. The number of nitrogens with one attached hydrogen (secondary N) is 3. The van der Waals surface area contributed by atoms with E-state index in [0.29, 0.717) is 11.4 Å². The van der Waals surface area contributed by atoms with Crippen molar-refractivity contribution in [1.29, 1.82) is 0 Å². The average Bonchev–Trinajstić information content (AvgIpc) is 3.49. The second-order valence-corrected chi connectivity index (χ2v) is 7.72. The molecule has 0 atom stereocenters. The number of nitrogens with zero attached hydrogens (tertiary/aromatic N) is 4. The van der Waals surface area contributed by atoms with Crippen LogP contribution >= 0.6 is 0 Å². The zero-order valence-corrected chi connectivity index (χ0v) is 17.0. The van der Waals surface area contributed by atoms with Gasteiger partial charge in [0.2, 0.25) is 0 Å². The van der Waals surface area contributed by atoms with Crippen LogP contribution in [0.2, 0.25) is 0 Å². The van der Waals surface area contributed by atoms with Crippen LogP contribution in [0.1, 0.15) is 34.6 Å². The van der Waals surface area contributed by atoms with E-state index >= 15 is 0 Å². The summed E-state index contributed by atoms with van der Waals surface area (Å²) in [5, 5.41) is 10.7. The number of aromatic amines is 2. The Hall–Kier alpha value is -3.68. The molecule has 0 aliphatic carbocycles. The first kappa shape index (κ1) is 18.4. The molecule has 0 spiro atoms. The monoisotopic (exact) mass is 401 g/mol. The summed E-state index contributed by atoms with van der Waals surface area (Å²) >= 11 is 0. The number of rotatable bonds is 4. The molecule has 1 saturated heterocycles. The van der Waals surface area contributed by atoms with Crippen LogP contribution in [0.3, 0.4) is 0 Å². The van der Waals surface area contributed by atoms with Crippen LogP contribution < -0.4 is 10.2 Å². The quantitative estimate of drug-likeness (QED) is 0.482. The summed E-state index contributed by atoms with van der Waals surface area (Å²) in [5.74, 6) is 0.757. The van der Waals surface area contributed by atoms with E-state index in [0.717, 1.165) is 52.5 Å². The first-order valence-electron chi connectivity index (χ1n) is 10.1. The molecular weight excluding hydrogens is 378 g/mol. The molecule has 1 amide bonds. The Bertz CT molecular complexity index is 1230. The van der Waals surface area contributed by atoms with Gasteiger partial charge in [0.25, 0.3) is 5.91 Å². The van der Waals surface area contributed by atoms with E-state index in [2.05, 4.69) is 41.4 Å². The molecule has 0 bridgehead atoms. The van der Waals surface area contributed by atoms with Crippen LogP contribution in [-0.4, -0.2) is 44.1 Å². The van der Waals surface area contributed by atoms with E-state index in [-0.39, 0.29) is 5.91 Å². The van der Waals surface area contributed by atoms with Crippen molar-refractivity contribution in [2.45, 2.75) is 26.7 Å². The molecule has 4 aromatic rings. The highest BCUT2D eigenvalue weighted by atomic mass is 16.1. The normalized spacial score (nSPS) is 13.9. The third-order valence-corrected chi connectivity index (χ3v) is 5.68. The molecule has 8 nitrogen and oxygen atoms in total. The fourth-order valence-corrected chi connectivity index (χ4v) is 3.84. The molecule has 0 saturated carbocycles. The number of hydrogen-bond donors (Lipinski definition) is 3. The molecule has 0 aromatic carbocycles. The number of amides is 1. The van der Waals surface area contributed by atoms with Gasteiger partial charge in [-0.25, -0.2) is 9.97 Å². The van der Waals surface area contributed by atoms with Crippen LogP contribution in [0.25, 0.3) is 22.3 Å². The smallest absolute Gasteiger partial charge is 0.276 e. The Morgan fingerprint density at radius 2 is 1.97 bits per heavy atom. The minimum atomic E-state index is -0.252. The summed E-state index contributed by atoms with van der Waals surface area (Å²) in [7, 11) is 0. The van der Waals surface area contributed by atoms with Crippen molar-refractivity contribution < 1.29 is 4.79 Å². The highest BCUT2D eigenvalue weighted by Crippen LogP contribution is 2.28. The maximum atomic E-state index is 12.5. The predicted octanol–water partition coefficient (Wildman–Crippen LogP) is 3.82. The van der Waals surface area contributed by atoms with Gasteiger partial charge in [-0.3, -0.25) is 9.89 Å². The van der Waals surface area contributed by atoms with Crippen molar-refractivity contribution in [3.8, 4) is 11.3 Å². The molecule has 0 radical (unpaired) electrons. The number of fused-ring (bicyclic) bond motifs is 1. The molecule has 3 N–H and O–H groups in total. The molecule has 4 aromatic heterocycles. The lowest BCUT2D eigenvalue weighted by Gasteiger charge is -2.16. The van der Waals surface area contributed by atoms with E-state index in [1.807, 2.05) is 38.2 Å². The Kier molecular flexibility index (Phi) is 4.46. The van der Waals surface area contributed by atoms with Crippen LogP contribution in [0.15, 0.2) is 36.7 Å². The van der Waals surface area contributed by atoms with Crippen LogP contribution in [0.5, 0.6) is 0 Å². The molecule has 5 heterocycles. The third-order valence-electron chi connectivity index (χ3n) is 5.68. The lowest BCUT2D eigenvalue weighted by atomic mass is 10.2. The first-order valence-corrected chi connectivity index (χ1v) is 10.1. The van der Waals surface area contributed by atoms with Gasteiger partial charge in [-0.15, -0.1) is 0 Å². The second kappa shape index (κ2) is 7.29. The summed E-state index contributed by atoms with van der Waals surface area (Å²) in [4.78, 5) is 27.2. The topological polar surface area (TPSA) is 103 Å². The summed E-state index contributed by atoms with van der Waals surface area (Å²) < 4.78 is 0. The zero-order chi connectivity index (χ0) is 20.7. The van der Waals surface area contributed by atoms with Gasteiger partial charge in [0.1, 0.15) is 11.5 Å². The Morgan fingerprint density at radius 1 is 1.13 bits per heavy atom. The molecule has 0 unspecified atom stereocenters. The third kappa shape index (κ3) is 3.30. The van der Waals surface area contributed by atoms with Gasteiger partial charge in [-0.05, 0) is 51.0 Å². The van der Waals surface area contributed by atoms with Crippen LogP contribution in [-0.2, 0) is 0 Å². The van der Waals surface area contributed by atoms with Crippen molar-refractivity contribution in [3.05, 3.63) is 53.6 Å². The minimum absolute atomic E-state index is 0.252. The summed E-state index contributed by atoms with van der Waals surface area (Å²) in [5.41, 5.74) is 5.57. The van der Waals surface area contributed by atoms with Crippen molar-refractivity contribution in [3.63, 3.8) is 0 Å². The highest BCUT2D eigenvalue weighted by molar-refractivity contribution is 6.04. The van der Waals surface area contributed by atoms with Gasteiger partial charge < -0.3 is 15.2 Å². The maximum absolute atomic E-state index is 12.5. The van der Waals surface area contributed by atoms with E-state index in [4.69, 9.17) is 0 Å². The number of pyridine rings is 2. The Balaban J connectivity index is 1.41. The maximum Gasteiger partial charge on any atom is 0.276 e. The number of hydrogen-bond acceptors (Lipinski definition) is 5.